The molecule has 17 heavy (non-hydrogen) atoms. The topological polar surface area (TPSA) is 29.9 Å². The lowest BCUT2D eigenvalue weighted by Crippen LogP contribution is -2.41. The smallest absolute Gasteiger partial charge is 0.0624 e. The van der Waals surface area contributed by atoms with E-state index >= 15 is 0 Å². The third-order valence-corrected chi connectivity index (χ3v) is 4.10. The minimum Gasteiger partial charge on any atom is -0.319 e. The molecule has 0 bridgehead atoms. The maximum atomic E-state index is 4.65. The normalized spacial score (nSPS) is 18.1. The van der Waals surface area contributed by atoms with E-state index in [9.17, 15) is 0 Å². The van der Waals surface area contributed by atoms with Gasteiger partial charge >= 0.3 is 0 Å². The van der Waals surface area contributed by atoms with Gasteiger partial charge in [-0.15, -0.1) is 0 Å². The van der Waals surface area contributed by atoms with Crippen LogP contribution in [0.15, 0.2) is 6.07 Å². The van der Waals surface area contributed by atoms with E-state index in [1.54, 1.807) is 0 Å². The molecule has 1 fully saturated rings. The molecule has 0 unspecified atom stereocenters. The summed E-state index contributed by atoms with van der Waals surface area (Å²) in [5, 5.41) is 8.01. The Bertz CT molecular complexity index is 364. The van der Waals surface area contributed by atoms with Crippen molar-refractivity contribution in [2.24, 2.45) is 5.41 Å². The van der Waals surface area contributed by atoms with Gasteiger partial charge in [-0.05, 0) is 51.1 Å². The van der Waals surface area contributed by atoms with Crippen LogP contribution in [-0.4, -0.2) is 23.4 Å². The fourth-order valence-corrected chi connectivity index (χ4v) is 2.96. The molecule has 1 aliphatic carbocycles. The van der Waals surface area contributed by atoms with Crippen molar-refractivity contribution in [1.82, 2.24) is 15.1 Å². The van der Waals surface area contributed by atoms with Crippen LogP contribution >= 0.6 is 0 Å². The predicted octanol–water partition coefficient (Wildman–Crippen LogP) is 2.40. The molecule has 0 atom stereocenters. The number of aryl methyl sites for hydroxylation is 2. The van der Waals surface area contributed by atoms with Gasteiger partial charge in [-0.1, -0.05) is 13.3 Å². The second-order valence-corrected chi connectivity index (χ2v) is 5.36. The van der Waals surface area contributed by atoms with E-state index in [0.717, 1.165) is 19.5 Å². The van der Waals surface area contributed by atoms with Crippen LogP contribution in [0.1, 0.15) is 44.5 Å². The van der Waals surface area contributed by atoms with Crippen LogP contribution in [-0.2, 0) is 19.4 Å². The van der Waals surface area contributed by atoms with Gasteiger partial charge in [0.25, 0.3) is 0 Å². The number of nitrogens with zero attached hydrogens (tertiary/aromatic N) is 2. The minimum atomic E-state index is 0.507. The molecule has 1 saturated carbocycles. The lowest BCUT2D eigenvalue weighted by Gasteiger charge is -2.42. The molecule has 0 amide bonds. The summed E-state index contributed by atoms with van der Waals surface area (Å²) in [6.45, 7) is 6.49. The highest BCUT2D eigenvalue weighted by Crippen LogP contribution is 2.43. The summed E-state index contributed by atoms with van der Waals surface area (Å²) in [7, 11) is 2.06. The lowest BCUT2D eigenvalue weighted by molar-refractivity contribution is 0.130. The molecule has 3 nitrogen and oxygen atoms in total. The number of hydrogen-bond acceptors (Lipinski definition) is 2. The van der Waals surface area contributed by atoms with Crippen LogP contribution in [0.3, 0.4) is 0 Å². The molecule has 2 rings (SSSR count). The summed E-state index contributed by atoms with van der Waals surface area (Å²) in [4.78, 5) is 0. The standard InChI is InChI=1S/C14H25N3/c1-4-12-9-13(17(5-2)16-12)10-14(11-15-3)7-6-8-14/h9,15H,4-8,10-11H2,1-3H3. The first kappa shape index (κ1) is 12.6. The summed E-state index contributed by atoms with van der Waals surface area (Å²) in [5.74, 6) is 0. The Labute approximate surface area is 105 Å². The Morgan fingerprint density at radius 3 is 2.65 bits per heavy atom. The van der Waals surface area contributed by atoms with Gasteiger partial charge in [0.15, 0.2) is 0 Å². The van der Waals surface area contributed by atoms with E-state index < -0.39 is 0 Å². The maximum Gasteiger partial charge on any atom is 0.0624 e. The molecule has 0 saturated heterocycles. The Balaban J connectivity index is 2.13. The molecule has 3 heteroatoms. The van der Waals surface area contributed by atoms with Gasteiger partial charge in [-0.3, -0.25) is 4.68 Å². The van der Waals surface area contributed by atoms with Crippen molar-refractivity contribution < 1.29 is 0 Å². The van der Waals surface area contributed by atoms with Crippen LogP contribution in [0.4, 0.5) is 0 Å². The van der Waals surface area contributed by atoms with E-state index in [2.05, 4.69) is 42.1 Å². The molecule has 0 spiro atoms. The number of nitrogens with one attached hydrogen (secondary N) is 1. The van der Waals surface area contributed by atoms with Crippen molar-refractivity contribution in [2.45, 2.75) is 52.5 Å². The van der Waals surface area contributed by atoms with Gasteiger partial charge in [-0.2, -0.15) is 5.10 Å². The number of aromatic nitrogens is 2. The van der Waals surface area contributed by atoms with Gasteiger partial charge in [-0.25, -0.2) is 0 Å². The van der Waals surface area contributed by atoms with Crippen LogP contribution < -0.4 is 5.32 Å². The number of rotatable bonds is 6. The van der Waals surface area contributed by atoms with E-state index in [1.165, 1.54) is 37.1 Å². The number of hydrogen-bond donors (Lipinski definition) is 1. The van der Waals surface area contributed by atoms with Crippen LogP contribution in [0.2, 0.25) is 0 Å². The van der Waals surface area contributed by atoms with Crippen LogP contribution in [0.5, 0.6) is 0 Å². The molecule has 1 N–H and O–H groups in total. The highest BCUT2D eigenvalue weighted by molar-refractivity contribution is 5.14. The van der Waals surface area contributed by atoms with Crippen molar-refractivity contribution in [2.75, 3.05) is 13.6 Å². The van der Waals surface area contributed by atoms with E-state index in [4.69, 9.17) is 0 Å². The second-order valence-electron chi connectivity index (χ2n) is 5.36. The van der Waals surface area contributed by atoms with Crippen LogP contribution in [0, 0.1) is 5.41 Å². The second kappa shape index (κ2) is 5.21. The summed E-state index contributed by atoms with van der Waals surface area (Å²) < 4.78 is 2.19. The quantitative estimate of drug-likeness (QED) is 0.820. The van der Waals surface area contributed by atoms with Crippen molar-refractivity contribution in [1.29, 1.82) is 0 Å². The minimum absolute atomic E-state index is 0.507. The molecular formula is C14H25N3. The molecule has 0 aliphatic heterocycles. The molecule has 96 valence electrons. The molecular weight excluding hydrogens is 210 g/mol. The van der Waals surface area contributed by atoms with Gasteiger partial charge in [0, 0.05) is 18.8 Å². The summed E-state index contributed by atoms with van der Waals surface area (Å²) in [6, 6.07) is 2.30. The zero-order chi connectivity index (χ0) is 12.3. The van der Waals surface area contributed by atoms with Gasteiger partial charge in [0.05, 0.1) is 5.69 Å². The Kier molecular flexibility index (Phi) is 3.87. The van der Waals surface area contributed by atoms with E-state index in [1.807, 2.05) is 0 Å². The molecule has 1 aromatic heterocycles. The SMILES string of the molecule is CCc1cc(CC2(CNC)CCC2)n(CC)n1. The third kappa shape index (κ3) is 2.54. The average Bonchev–Trinajstić information content (AvgIpc) is 2.68. The van der Waals surface area contributed by atoms with Crippen molar-refractivity contribution >= 4 is 0 Å². The zero-order valence-electron chi connectivity index (χ0n) is 11.4. The fourth-order valence-electron chi connectivity index (χ4n) is 2.96. The molecule has 1 heterocycles. The first-order valence-electron chi connectivity index (χ1n) is 6.93. The lowest BCUT2D eigenvalue weighted by atomic mass is 9.66. The summed E-state index contributed by atoms with van der Waals surface area (Å²) >= 11 is 0. The van der Waals surface area contributed by atoms with E-state index in [-0.39, 0.29) is 0 Å². The van der Waals surface area contributed by atoms with Gasteiger partial charge in [0.2, 0.25) is 0 Å². The fraction of sp³-hybridized carbons (Fsp3) is 0.786. The monoisotopic (exact) mass is 235 g/mol. The highest BCUT2D eigenvalue weighted by Gasteiger charge is 2.37. The Hall–Kier alpha value is -0.830. The third-order valence-electron chi connectivity index (χ3n) is 4.10. The summed E-state index contributed by atoms with van der Waals surface area (Å²) in [5.41, 5.74) is 3.17. The van der Waals surface area contributed by atoms with Crippen LogP contribution in [0.25, 0.3) is 0 Å². The molecule has 0 radical (unpaired) electrons. The first-order chi connectivity index (χ1) is 8.23. The Morgan fingerprint density at radius 1 is 1.41 bits per heavy atom. The maximum absolute atomic E-state index is 4.65. The zero-order valence-corrected chi connectivity index (χ0v) is 11.4. The highest BCUT2D eigenvalue weighted by atomic mass is 15.3. The largest absolute Gasteiger partial charge is 0.319 e. The molecule has 1 aromatic rings. The van der Waals surface area contributed by atoms with Crippen molar-refractivity contribution in [3.05, 3.63) is 17.5 Å². The summed E-state index contributed by atoms with van der Waals surface area (Å²) in [6.07, 6.45) is 6.35. The molecule has 0 aromatic carbocycles. The van der Waals surface area contributed by atoms with Crippen molar-refractivity contribution in [3.63, 3.8) is 0 Å². The van der Waals surface area contributed by atoms with Gasteiger partial charge < -0.3 is 5.32 Å². The molecule has 1 aliphatic rings. The van der Waals surface area contributed by atoms with Gasteiger partial charge in [0.1, 0.15) is 0 Å². The van der Waals surface area contributed by atoms with E-state index in [0.29, 0.717) is 5.41 Å². The first-order valence-corrected chi connectivity index (χ1v) is 6.93. The average molecular weight is 235 g/mol. The Morgan fingerprint density at radius 2 is 2.18 bits per heavy atom. The van der Waals surface area contributed by atoms with Crippen molar-refractivity contribution in [3.8, 4) is 0 Å². The predicted molar refractivity (Wildman–Crippen MR) is 71.2 cm³/mol.